The molecule has 6 nitrogen and oxygen atoms in total. The Labute approximate surface area is 119 Å². The summed E-state index contributed by atoms with van der Waals surface area (Å²) in [6.45, 7) is 0.521. The van der Waals surface area contributed by atoms with Gasteiger partial charge in [-0.3, -0.25) is 9.78 Å². The van der Waals surface area contributed by atoms with E-state index in [4.69, 9.17) is 16.3 Å². The Bertz CT molecular complexity index is 807. The average Bonchev–Trinajstić information content (AvgIpc) is 2.82. The molecule has 1 N–H and O–H groups in total. The highest BCUT2D eigenvalue weighted by Gasteiger charge is 2.10. The van der Waals surface area contributed by atoms with E-state index in [1.807, 2.05) is 24.3 Å². The van der Waals surface area contributed by atoms with Crippen LogP contribution in [-0.2, 0) is 6.54 Å². The number of halogens is 1. The molecule has 0 spiro atoms. The van der Waals surface area contributed by atoms with Crippen molar-refractivity contribution in [1.82, 2.24) is 19.5 Å². The highest BCUT2D eigenvalue weighted by atomic mass is 35.5. The van der Waals surface area contributed by atoms with Crippen LogP contribution in [0.3, 0.4) is 0 Å². The molecule has 0 unspecified atom stereocenters. The van der Waals surface area contributed by atoms with Crippen LogP contribution in [0.1, 0.15) is 5.56 Å². The van der Waals surface area contributed by atoms with Crippen LogP contribution in [0.2, 0.25) is 5.28 Å². The summed E-state index contributed by atoms with van der Waals surface area (Å²) in [6.07, 6.45) is 1.58. The van der Waals surface area contributed by atoms with Crippen molar-refractivity contribution in [2.45, 2.75) is 6.54 Å². The first-order valence-electron chi connectivity index (χ1n) is 5.91. The fourth-order valence-corrected chi connectivity index (χ4v) is 2.17. The second kappa shape index (κ2) is 4.97. The highest BCUT2D eigenvalue weighted by molar-refractivity contribution is 6.28. The highest BCUT2D eigenvalue weighted by Crippen LogP contribution is 2.14. The first kappa shape index (κ1) is 12.7. The Hall–Kier alpha value is -2.34. The second-order valence-corrected chi connectivity index (χ2v) is 4.61. The van der Waals surface area contributed by atoms with E-state index < -0.39 is 0 Å². The topological polar surface area (TPSA) is 72.8 Å². The standard InChI is InChI=1S/C13H11ClN4O2/c1-20-9-4-2-8(3-5-9)6-18-7-15-11-10(18)12(19)17-13(14)16-11/h2-5,7H,6H2,1H3,(H,16,17,19). The molecular formula is C13H11ClN4O2. The van der Waals surface area contributed by atoms with Gasteiger partial charge in [-0.2, -0.15) is 4.98 Å². The van der Waals surface area contributed by atoms with Crippen LogP contribution in [0.4, 0.5) is 0 Å². The Balaban J connectivity index is 2.00. The number of benzene rings is 1. The zero-order valence-electron chi connectivity index (χ0n) is 10.6. The molecule has 0 aliphatic rings. The van der Waals surface area contributed by atoms with Crippen LogP contribution in [0.25, 0.3) is 11.2 Å². The largest absolute Gasteiger partial charge is 0.497 e. The first-order valence-corrected chi connectivity index (χ1v) is 6.29. The zero-order chi connectivity index (χ0) is 14.1. The van der Waals surface area contributed by atoms with Crippen LogP contribution >= 0.6 is 11.6 Å². The van der Waals surface area contributed by atoms with E-state index in [1.165, 1.54) is 0 Å². The lowest BCUT2D eigenvalue weighted by Crippen LogP contribution is -2.12. The number of aromatic amines is 1. The fourth-order valence-electron chi connectivity index (χ4n) is 2.01. The number of methoxy groups -OCH3 is 1. The lowest BCUT2D eigenvalue weighted by Gasteiger charge is -2.05. The number of H-pyrrole nitrogens is 1. The number of nitrogens with one attached hydrogen (secondary N) is 1. The van der Waals surface area contributed by atoms with Crippen LogP contribution < -0.4 is 10.3 Å². The molecule has 1 aromatic carbocycles. The summed E-state index contributed by atoms with van der Waals surface area (Å²) in [7, 11) is 1.62. The molecule has 102 valence electrons. The van der Waals surface area contributed by atoms with Gasteiger partial charge in [0.2, 0.25) is 5.28 Å². The number of hydrogen-bond donors (Lipinski definition) is 1. The second-order valence-electron chi connectivity index (χ2n) is 4.25. The predicted octanol–water partition coefficient (Wildman–Crippen LogP) is 1.83. The molecule has 0 fully saturated rings. The minimum Gasteiger partial charge on any atom is -0.497 e. The summed E-state index contributed by atoms with van der Waals surface area (Å²) in [4.78, 5) is 22.4. The van der Waals surface area contributed by atoms with Crippen molar-refractivity contribution in [1.29, 1.82) is 0 Å². The third-order valence-corrected chi connectivity index (χ3v) is 3.15. The van der Waals surface area contributed by atoms with Gasteiger partial charge in [-0.05, 0) is 29.3 Å². The van der Waals surface area contributed by atoms with E-state index in [2.05, 4.69) is 15.0 Å². The maximum atomic E-state index is 11.9. The van der Waals surface area contributed by atoms with Crippen molar-refractivity contribution in [2.24, 2.45) is 0 Å². The predicted molar refractivity (Wildman–Crippen MR) is 75.3 cm³/mol. The van der Waals surface area contributed by atoms with Crippen LogP contribution in [0.15, 0.2) is 35.4 Å². The Morgan fingerprint density at radius 1 is 1.35 bits per heavy atom. The van der Waals surface area contributed by atoms with Gasteiger partial charge < -0.3 is 9.30 Å². The van der Waals surface area contributed by atoms with Crippen molar-refractivity contribution in [3.8, 4) is 5.75 Å². The maximum Gasteiger partial charge on any atom is 0.278 e. The number of fused-ring (bicyclic) bond motifs is 1. The third-order valence-electron chi connectivity index (χ3n) is 2.97. The lowest BCUT2D eigenvalue weighted by molar-refractivity contribution is 0.414. The minimum absolute atomic E-state index is 0.0391. The molecule has 20 heavy (non-hydrogen) atoms. The maximum absolute atomic E-state index is 11.9. The Morgan fingerprint density at radius 3 is 2.80 bits per heavy atom. The molecule has 0 aliphatic carbocycles. The fraction of sp³-hybridized carbons (Fsp3) is 0.154. The van der Waals surface area contributed by atoms with Crippen molar-refractivity contribution >= 4 is 22.8 Å². The van der Waals surface area contributed by atoms with E-state index in [1.54, 1.807) is 18.0 Å². The van der Waals surface area contributed by atoms with Gasteiger partial charge >= 0.3 is 0 Å². The van der Waals surface area contributed by atoms with Gasteiger partial charge in [0.1, 0.15) is 5.75 Å². The van der Waals surface area contributed by atoms with Gasteiger partial charge in [-0.15, -0.1) is 0 Å². The molecule has 3 aromatic rings. The van der Waals surface area contributed by atoms with Crippen molar-refractivity contribution in [3.05, 3.63) is 51.8 Å². The van der Waals surface area contributed by atoms with Crippen LogP contribution in [-0.4, -0.2) is 26.6 Å². The summed E-state index contributed by atoms with van der Waals surface area (Å²) < 4.78 is 6.84. The molecule has 0 bridgehead atoms. The van der Waals surface area contributed by atoms with E-state index in [0.717, 1.165) is 11.3 Å². The van der Waals surface area contributed by atoms with E-state index >= 15 is 0 Å². The van der Waals surface area contributed by atoms with Gasteiger partial charge in [0, 0.05) is 6.54 Å². The van der Waals surface area contributed by atoms with Crippen molar-refractivity contribution < 1.29 is 4.74 Å². The van der Waals surface area contributed by atoms with Crippen LogP contribution in [0, 0.1) is 0 Å². The summed E-state index contributed by atoms with van der Waals surface area (Å²) in [5, 5.41) is 0.0391. The number of nitrogens with zero attached hydrogens (tertiary/aromatic N) is 3. The van der Waals surface area contributed by atoms with Gasteiger partial charge in [0.05, 0.1) is 13.4 Å². The number of aromatic nitrogens is 4. The molecule has 0 saturated carbocycles. The van der Waals surface area contributed by atoms with Gasteiger partial charge in [-0.1, -0.05) is 12.1 Å². The third kappa shape index (κ3) is 2.25. The van der Waals surface area contributed by atoms with Crippen molar-refractivity contribution in [3.63, 3.8) is 0 Å². The molecule has 0 amide bonds. The van der Waals surface area contributed by atoms with E-state index in [0.29, 0.717) is 17.7 Å². The monoisotopic (exact) mass is 290 g/mol. The Kier molecular flexibility index (Phi) is 3.15. The smallest absolute Gasteiger partial charge is 0.278 e. The van der Waals surface area contributed by atoms with Crippen LogP contribution in [0.5, 0.6) is 5.75 Å². The summed E-state index contributed by atoms with van der Waals surface area (Å²) in [5.41, 5.74) is 1.47. The molecule has 0 saturated heterocycles. The molecule has 7 heteroatoms. The average molecular weight is 291 g/mol. The molecule has 2 heterocycles. The summed E-state index contributed by atoms with van der Waals surface area (Å²) >= 11 is 5.70. The number of imidazole rings is 1. The number of ether oxygens (including phenoxy) is 1. The molecular weight excluding hydrogens is 280 g/mol. The Morgan fingerprint density at radius 2 is 2.10 bits per heavy atom. The summed E-state index contributed by atoms with van der Waals surface area (Å²) in [6, 6.07) is 7.60. The van der Waals surface area contributed by atoms with E-state index in [9.17, 15) is 4.79 Å². The molecule has 0 radical (unpaired) electrons. The zero-order valence-corrected chi connectivity index (χ0v) is 11.4. The minimum atomic E-state index is -0.300. The van der Waals surface area contributed by atoms with Gasteiger partial charge in [-0.25, -0.2) is 4.98 Å². The molecule has 2 aromatic heterocycles. The number of rotatable bonds is 3. The van der Waals surface area contributed by atoms with Gasteiger partial charge in [0.25, 0.3) is 5.56 Å². The normalized spacial score (nSPS) is 10.9. The first-order chi connectivity index (χ1) is 9.67. The SMILES string of the molecule is COc1ccc(Cn2cnc3nc(Cl)[nH]c(=O)c32)cc1. The molecule has 3 rings (SSSR count). The molecule has 0 atom stereocenters. The van der Waals surface area contributed by atoms with Crippen molar-refractivity contribution in [2.75, 3.05) is 7.11 Å². The summed E-state index contributed by atoms with van der Waals surface area (Å²) in [5.74, 6) is 0.788. The molecule has 0 aliphatic heterocycles. The number of hydrogen-bond acceptors (Lipinski definition) is 4. The van der Waals surface area contributed by atoms with Gasteiger partial charge in [0.15, 0.2) is 11.2 Å². The van der Waals surface area contributed by atoms with E-state index in [-0.39, 0.29) is 10.8 Å². The lowest BCUT2D eigenvalue weighted by atomic mass is 10.2. The quantitative estimate of drug-likeness (QED) is 0.747.